The summed E-state index contributed by atoms with van der Waals surface area (Å²) in [7, 11) is 0. The lowest BCUT2D eigenvalue weighted by atomic mass is 10.1. The van der Waals surface area contributed by atoms with Gasteiger partial charge >= 0.3 is 0 Å². The number of carbonyl (C=O) groups is 1. The number of nitrogens with one attached hydrogen (secondary N) is 2. The first kappa shape index (κ1) is 16.0. The zero-order chi connectivity index (χ0) is 18.3. The zero-order valence-corrected chi connectivity index (χ0v) is 13.7. The molecule has 7 heteroatoms. The van der Waals surface area contributed by atoms with E-state index >= 15 is 0 Å². The fourth-order valence-corrected chi connectivity index (χ4v) is 3.42. The second-order valence-corrected chi connectivity index (χ2v) is 6.28. The van der Waals surface area contributed by atoms with Gasteiger partial charge in [-0.1, -0.05) is 6.07 Å². The maximum atomic E-state index is 12.3. The van der Waals surface area contributed by atoms with Gasteiger partial charge < -0.3 is 10.3 Å². The molecule has 1 heterocycles. The lowest BCUT2D eigenvalue weighted by molar-refractivity contribution is -0.384. The van der Waals surface area contributed by atoms with Gasteiger partial charge in [-0.05, 0) is 49.1 Å². The quantitative estimate of drug-likeness (QED) is 0.559. The molecule has 0 unspecified atom stereocenters. The minimum atomic E-state index is -0.514. The number of nitro benzene ring substituents is 1. The minimum Gasteiger partial charge on any atom is -0.322 e. The predicted molar refractivity (Wildman–Crippen MR) is 97.6 cm³/mol. The first-order valence-electron chi connectivity index (χ1n) is 8.26. The maximum Gasteiger partial charge on any atom is 0.269 e. The molecule has 0 saturated heterocycles. The molecule has 0 radical (unpaired) electrons. The molecule has 2 aromatic carbocycles. The highest BCUT2D eigenvalue weighted by Crippen LogP contribution is 2.28. The van der Waals surface area contributed by atoms with Crippen LogP contribution in [-0.4, -0.2) is 15.8 Å². The predicted octanol–water partition coefficient (Wildman–Crippen LogP) is 3.18. The van der Waals surface area contributed by atoms with Gasteiger partial charge in [0.15, 0.2) is 0 Å². The number of carbonyl (C=O) groups excluding carboxylic acids is 1. The fraction of sp³-hybridized carbons (Fsp3) is 0.158. The molecular formula is C19H15N3O4. The van der Waals surface area contributed by atoms with Crippen LogP contribution in [0.25, 0.3) is 10.9 Å². The number of nitrogens with zero attached hydrogens (tertiary/aromatic N) is 1. The third-order valence-electron chi connectivity index (χ3n) is 4.68. The Kier molecular flexibility index (Phi) is 3.76. The van der Waals surface area contributed by atoms with Crippen molar-refractivity contribution in [2.75, 3.05) is 5.32 Å². The molecule has 0 aliphatic heterocycles. The van der Waals surface area contributed by atoms with Crippen molar-refractivity contribution in [3.63, 3.8) is 0 Å². The molecule has 130 valence electrons. The Labute approximate surface area is 147 Å². The van der Waals surface area contributed by atoms with Gasteiger partial charge in [0, 0.05) is 34.3 Å². The topological polar surface area (TPSA) is 105 Å². The maximum absolute atomic E-state index is 12.3. The summed E-state index contributed by atoms with van der Waals surface area (Å²) in [4.78, 5) is 37.6. The normalized spacial score (nSPS) is 12.8. The number of aryl methyl sites for hydroxylation is 1. The Morgan fingerprint density at radius 2 is 1.81 bits per heavy atom. The Balaban J connectivity index is 1.63. The lowest BCUT2D eigenvalue weighted by Gasteiger charge is -2.09. The van der Waals surface area contributed by atoms with Crippen molar-refractivity contribution in [1.82, 2.24) is 4.98 Å². The highest BCUT2D eigenvalue weighted by Gasteiger charge is 2.18. The second kappa shape index (κ2) is 6.11. The van der Waals surface area contributed by atoms with Crippen molar-refractivity contribution < 1.29 is 9.72 Å². The summed E-state index contributed by atoms with van der Waals surface area (Å²) in [5.74, 6) is -0.372. The van der Waals surface area contributed by atoms with Crippen LogP contribution in [0.3, 0.4) is 0 Å². The molecular weight excluding hydrogens is 334 g/mol. The summed E-state index contributed by atoms with van der Waals surface area (Å²) in [5.41, 5.74) is 3.38. The van der Waals surface area contributed by atoms with Crippen molar-refractivity contribution in [2.45, 2.75) is 19.3 Å². The molecule has 3 aromatic rings. The number of anilines is 1. The van der Waals surface area contributed by atoms with Crippen LogP contribution in [0.2, 0.25) is 0 Å². The van der Waals surface area contributed by atoms with Gasteiger partial charge in [-0.15, -0.1) is 0 Å². The van der Waals surface area contributed by atoms with E-state index in [1.807, 2.05) is 6.07 Å². The minimum absolute atomic E-state index is 0.0659. The molecule has 1 aliphatic rings. The Hall–Kier alpha value is -3.48. The average Bonchev–Trinajstić information content (AvgIpc) is 3.12. The van der Waals surface area contributed by atoms with Crippen molar-refractivity contribution in [1.29, 1.82) is 0 Å². The van der Waals surface area contributed by atoms with E-state index in [0.29, 0.717) is 16.8 Å². The number of nitro groups is 1. The highest BCUT2D eigenvalue weighted by molar-refractivity contribution is 6.05. The van der Waals surface area contributed by atoms with E-state index < -0.39 is 4.92 Å². The van der Waals surface area contributed by atoms with Gasteiger partial charge in [-0.25, -0.2) is 0 Å². The van der Waals surface area contributed by atoms with E-state index in [-0.39, 0.29) is 17.2 Å². The third kappa shape index (κ3) is 2.73. The number of rotatable bonds is 3. The molecule has 1 amide bonds. The van der Waals surface area contributed by atoms with Crippen LogP contribution in [0.4, 0.5) is 11.4 Å². The summed E-state index contributed by atoms with van der Waals surface area (Å²) in [5, 5.41) is 14.4. The molecule has 4 rings (SSSR count). The molecule has 26 heavy (non-hydrogen) atoms. The van der Waals surface area contributed by atoms with Gasteiger partial charge in [0.1, 0.15) is 0 Å². The number of H-pyrrole nitrogens is 1. The molecule has 0 spiro atoms. The van der Waals surface area contributed by atoms with Crippen molar-refractivity contribution >= 4 is 28.2 Å². The summed E-state index contributed by atoms with van der Waals surface area (Å²) >= 11 is 0. The van der Waals surface area contributed by atoms with Gasteiger partial charge in [-0.2, -0.15) is 0 Å². The Morgan fingerprint density at radius 3 is 2.54 bits per heavy atom. The van der Waals surface area contributed by atoms with Crippen molar-refractivity contribution in [2.24, 2.45) is 0 Å². The van der Waals surface area contributed by atoms with Crippen LogP contribution < -0.4 is 10.9 Å². The van der Waals surface area contributed by atoms with E-state index in [1.54, 1.807) is 12.1 Å². The second-order valence-electron chi connectivity index (χ2n) is 6.28. The molecule has 0 bridgehead atoms. The molecule has 7 nitrogen and oxygen atoms in total. The number of amides is 1. The Bertz CT molecular complexity index is 1100. The van der Waals surface area contributed by atoms with Gasteiger partial charge in [0.05, 0.1) is 10.4 Å². The standard InChI is InChI=1S/C19H15N3O4/c23-18(11-4-7-13(8-5-11)22(25)26)20-12-6-9-15-14-2-1-3-16(14)19(24)21-17(15)10-12/h4-10H,1-3H2,(H,20,23)(H,21,24). The first-order valence-corrected chi connectivity index (χ1v) is 8.26. The Morgan fingerprint density at radius 1 is 1.08 bits per heavy atom. The largest absolute Gasteiger partial charge is 0.322 e. The lowest BCUT2D eigenvalue weighted by Crippen LogP contribution is -2.14. The first-order chi connectivity index (χ1) is 12.5. The number of non-ortho nitro benzene ring substituents is 1. The summed E-state index contributed by atoms with van der Waals surface area (Å²) in [6.45, 7) is 0. The van der Waals surface area contributed by atoms with E-state index in [0.717, 1.165) is 35.8 Å². The van der Waals surface area contributed by atoms with Gasteiger partial charge in [0.25, 0.3) is 17.2 Å². The number of pyridine rings is 1. The summed E-state index contributed by atoms with van der Waals surface area (Å²) in [6, 6.07) is 10.8. The van der Waals surface area contributed by atoms with Crippen molar-refractivity contribution in [3.8, 4) is 0 Å². The van der Waals surface area contributed by atoms with Crippen LogP contribution in [-0.2, 0) is 12.8 Å². The smallest absolute Gasteiger partial charge is 0.269 e. The molecule has 0 fully saturated rings. The molecule has 2 N–H and O–H groups in total. The number of aromatic amines is 1. The van der Waals surface area contributed by atoms with E-state index in [1.165, 1.54) is 24.3 Å². The number of hydrogen-bond acceptors (Lipinski definition) is 4. The molecule has 0 saturated carbocycles. The zero-order valence-electron chi connectivity index (χ0n) is 13.7. The summed E-state index contributed by atoms with van der Waals surface area (Å²) in [6.07, 6.45) is 2.68. The number of fused-ring (bicyclic) bond motifs is 3. The van der Waals surface area contributed by atoms with Gasteiger partial charge in [-0.3, -0.25) is 19.7 Å². The molecule has 1 aliphatic carbocycles. The van der Waals surface area contributed by atoms with Crippen LogP contribution in [0.5, 0.6) is 0 Å². The molecule has 0 atom stereocenters. The number of benzene rings is 2. The van der Waals surface area contributed by atoms with E-state index in [2.05, 4.69) is 10.3 Å². The third-order valence-corrected chi connectivity index (χ3v) is 4.68. The SMILES string of the molecule is O=C(Nc1ccc2c3c(c(=O)[nH]c2c1)CCC3)c1ccc([N+](=O)[O-])cc1. The van der Waals surface area contributed by atoms with Crippen LogP contribution in [0.1, 0.15) is 27.9 Å². The van der Waals surface area contributed by atoms with E-state index in [4.69, 9.17) is 0 Å². The van der Waals surface area contributed by atoms with Crippen LogP contribution >= 0.6 is 0 Å². The van der Waals surface area contributed by atoms with Crippen LogP contribution in [0.15, 0.2) is 47.3 Å². The molecule has 1 aromatic heterocycles. The van der Waals surface area contributed by atoms with E-state index in [9.17, 15) is 19.7 Å². The summed E-state index contributed by atoms with van der Waals surface area (Å²) < 4.78 is 0. The van der Waals surface area contributed by atoms with Crippen molar-refractivity contribution in [3.05, 3.63) is 79.6 Å². The highest BCUT2D eigenvalue weighted by atomic mass is 16.6. The fourth-order valence-electron chi connectivity index (χ4n) is 3.42. The van der Waals surface area contributed by atoms with Crippen LogP contribution in [0, 0.1) is 10.1 Å². The average molecular weight is 349 g/mol. The van der Waals surface area contributed by atoms with Gasteiger partial charge in [0.2, 0.25) is 0 Å². The number of hydrogen-bond donors (Lipinski definition) is 2. The monoisotopic (exact) mass is 349 g/mol. The number of aromatic nitrogens is 1.